The second kappa shape index (κ2) is 8.56. The lowest BCUT2D eigenvalue weighted by atomic mass is 10.1. The summed E-state index contributed by atoms with van der Waals surface area (Å²) in [5.41, 5.74) is 1.03. The number of halogens is 3. The van der Waals surface area contributed by atoms with Crippen molar-refractivity contribution in [3.05, 3.63) is 59.4 Å². The van der Waals surface area contributed by atoms with E-state index in [0.29, 0.717) is 16.9 Å². The van der Waals surface area contributed by atoms with Crippen molar-refractivity contribution >= 4 is 0 Å². The summed E-state index contributed by atoms with van der Waals surface area (Å²) < 4.78 is 47.3. The van der Waals surface area contributed by atoms with E-state index in [4.69, 9.17) is 4.74 Å². The molecule has 0 aliphatic heterocycles. The van der Waals surface area contributed by atoms with E-state index in [-0.39, 0.29) is 24.7 Å². The van der Waals surface area contributed by atoms with Crippen LogP contribution in [0.25, 0.3) is 0 Å². The minimum Gasteiger partial charge on any atom is -0.497 e. The first-order chi connectivity index (χ1) is 11.5. The first-order valence-corrected chi connectivity index (χ1v) is 7.25. The van der Waals surface area contributed by atoms with Crippen LogP contribution in [0.15, 0.2) is 42.5 Å². The van der Waals surface area contributed by atoms with Crippen LogP contribution in [0, 0.1) is 5.82 Å². The van der Waals surface area contributed by atoms with Gasteiger partial charge >= 0.3 is 6.61 Å². The fourth-order valence-electron chi connectivity index (χ4n) is 2.18. The van der Waals surface area contributed by atoms with Crippen molar-refractivity contribution in [2.45, 2.75) is 19.3 Å². The number of benzene rings is 2. The van der Waals surface area contributed by atoms with Gasteiger partial charge in [0.25, 0.3) is 0 Å². The zero-order valence-electron chi connectivity index (χ0n) is 13.0. The number of ether oxygens (including phenoxy) is 2. The number of hydrogen-bond acceptors (Lipinski definition) is 4. The summed E-state index contributed by atoms with van der Waals surface area (Å²) in [6, 6.07) is 9.99. The van der Waals surface area contributed by atoms with Crippen LogP contribution < -0.4 is 14.8 Å². The summed E-state index contributed by atoms with van der Waals surface area (Å²) in [7, 11) is 1.47. The second-order valence-corrected chi connectivity index (χ2v) is 5.05. The van der Waals surface area contributed by atoms with Crippen LogP contribution in [-0.4, -0.2) is 25.4 Å². The van der Waals surface area contributed by atoms with Crippen LogP contribution in [0.4, 0.5) is 13.2 Å². The number of hydrogen-bond donors (Lipinski definition) is 2. The molecule has 0 bridgehead atoms. The van der Waals surface area contributed by atoms with E-state index in [1.807, 2.05) is 0 Å². The Morgan fingerprint density at radius 2 is 1.83 bits per heavy atom. The van der Waals surface area contributed by atoms with Gasteiger partial charge in [-0.25, -0.2) is 4.39 Å². The smallest absolute Gasteiger partial charge is 0.387 e. The zero-order valence-corrected chi connectivity index (χ0v) is 13.0. The molecule has 130 valence electrons. The van der Waals surface area contributed by atoms with E-state index in [1.54, 1.807) is 6.07 Å². The molecule has 0 amide bonds. The first-order valence-electron chi connectivity index (χ1n) is 7.25. The third kappa shape index (κ3) is 5.14. The van der Waals surface area contributed by atoms with Crippen LogP contribution >= 0.6 is 0 Å². The van der Waals surface area contributed by atoms with E-state index in [2.05, 4.69) is 10.1 Å². The predicted molar refractivity (Wildman–Crippen MR) is 82.7 cm³/mol. The lowest BCUT2D eigenvalue weighted by Crippen LogP contribution is -2.21. The Morgan fingerprint density at radius 3 is 2.46 bits per heavy atom. The molecule has 7 heteroatoms. The summed E-state index contributed by atoms with van der Waals surface area (Å²) in [5.74, 6) is 0.158. The Bertz CT molecular complexity index is 650. The number of aliphatic hydroxyl groups excluding tert-OH is 1. The molecule has 0 aromatic heterocycles. The van der Waals surface area contributed by atoms with Crippen molar-refractivity contribution in [1.82, 2.24) is 5.32 Å². The lowest BCUT2D eigenvalue weighted by molar-refractivity contribution is -0.0505. The predicted octanol–water partition coefficient (Wildman–Crippen LogP) is 3.26. The Kier molecular flexibility index (Phi) is 6.45. The summed E-state index contributed by atoms with van der Waals surface area (Å²) in [6.45, 7) is -2.57. The zero-order chi connectivity index (χ0) is 17.5. The van der Waals surface area contributed by atoms with Crippen LogP contribution in [0.5, 0.6) is 11.5 Å². The maximum Gasteiger partial charge on any atom is 0.387 e. The van der Waals surface area contributed by atoms with Crippen molar-refractivity contribution in [3.63, 3.8) is 0 Å². The first kappa shape index (κ1) is 18.1. The number of nitrogens with one attached hydrogen (secondary N) is 1. The molecule has 2 aromatic carbocycles. The molecule has 0 radical (unpaired) electrons. The molecular weight excluding hydrogens is 323 g/mol. The van der Waals surface area contributed by atoms with E-state index in [1.165, 1.54) is 43.5 Å². The average molecular weight is 341 g/mol. The molecule has 0 fully saturated rings. The molecule has 0 spiro atoms. The minimum absolute atomic E-state index is 0.0366. The van der Waals surface area contributed by atoms with Gasteiger partial charge in [-0.15, -0.1) is 0 Å². The van der Waals surface area contributed by atoms with Gasteiger partial charge < -0.3 is 19.9 Å². The van der Waals surface area contributed by atoms with Gasteiger partial charge in [-0.1, -0.05) is 12.1 Å². The van der Waals surface area contributed by atoms with Crippen LogP contribution in [0.1, 0.15) is 17.2 Å². The van der Waals surface area contributed by atoms with Gasteiger partial charge in [0, 0.05) is 18.7 Å². The fourth-order valence-corrected chi connectivity index (χ4v) is 2.18. The number of aliphatic hydroxyl groups is 1. The summed E-state index contributed by atoms with van der Waals surface area (Å²) in [5, 5.41) is 13.0. The SMILES string of the molecule is COc1ccc(OC(F)F)c(CNCC(O)c2ccc(F)cc2)c1. The van der Waals surface area contributed by atoms with Gasteiger partial charge in [0.2, 0.25) is 0 Å². The molecule has 1 atom stereocenters. The van der Waals surface area contributed by atoms with Crippen molar-refractivity contribution < 1.29 is 27.8 Å². The molecule has 4 nitrogen and oxygen atoms in total. The molecule has 0 heterocycles. The van der Waals surface area contributed by atoms with Crippen molar-refractivity contribution in [1.29, 1.82) is 0 Å². The largest absolute Gasteiger partial charge is 0.497 e. The summed E-state index contributed by atoms with van der Waals surface area (Å²) >= 11 is 0. The standard InChI is InChI=1S/C17H18F3NO3/c1-23-14-6-7-16(24-17(19)20)12(8-14)9-21-10-15(22)11-2-4-13(18)5-3-11/h2-8,15,17,21-22H,9-10H2,1H3. The summed E-state index contributed by atoms with van der Waals surface area (Å²) in [4.78, 5) is 0. The highest BCUT2D eigenvalue weighted by Crippen LogP contribution is 2.25. The van der Waals surface area contributed by atoms with Crippen LogP contribution in [0.2, 0.25) is 0 Å². The number of alkyl halides is 2. The maximum absolute atomic E-state index is 12.9. The number of rotatable bonds is 8. The molecule has 2 aromatic rings. The molecule has 1 unspecified atom stereocenters. The Morgan fingerprint density at radius 1 is 1.12 bits per heavy atom. The van der Waals surface area contributed by atoms with Gasteiger partial charge in [0.05, 0.1) is 13.2 Å². The molecule has 0 aliphatic carbocycles. The van der Waals surface area contributed by atoms with E-state index >= 15 is 0 Å². The number of methoxy groups -OCH3 is 1. The quantitative estimate of drug-likeness (QED) is 0.774. The van der Waals surface area contributed by atoms with Gasteiger partial charge in [-0.2, -0.15) is 8.78 Å². The van der Waals surface area contributed by atoms with Crippen LogP contribution in [0.3, 0.4) is 0 Å². The molecule has 0 saturated heterocycles. The van der Waals surface area contributed by atoms with Gasteiger partial charge in [-0.3, -0.25) is 0 Å². The summed E-state index contributed by atoms with van der Waals surface area (Å²) in [6.07, 6.45) is -0.851. The Balaban J connectivity index is 1.98. The van der Waals surface area contributed by atoms with E-state index < -0.39 is 12.7 Å². The van der Waals surface area contributed by atoms with Crippen LogP contribution in [-0.2, 0) is 6.54 Å². The van der Waals surface area contributed by atoms with Gasteiger partial charge in [-0.05, 0) is 35.9 Å². The average Bonchev–Trinajstić information content (AvgIpc) is 2.56. The molecule has 0 saturated carbocycles. The highest BCUT2D eigenvalue weighted by molar-refractivity contribution is 5.40. The van der Waals surface area contributed by atoms with E-state index in [0.717, 1.165) is 0 Å². The monoisotopic (exact) mass is 341 g/mol. The molecule has 2 N–H and O–H groups in total. The minimum atomic E-state index is -2.93. The third-order valence-corrected chi connectivity index (χ3v) is 3.39. The third-order valence-electron chi connectivity index (χ3n) is 3.39. The Labute approximate surface area is 137 Å². The molecule has 0 aliphatic rings. The molecule has 2 rings (SSSR count). The van der Waals surface area contributed by atoms with Gasteiger partial charge in [0.15, 0.2) is 0 Å². The fraction of sp³-hybridized carbons (Fsp3) is 0.294. The highest BCUT2D eigenvalue weighted by Gasteiger charge is 2.12. The van der Waals surface area contributed by atoms with Crippen molar-refractivity contribution in [2.24, 2.45) is 0 Å². The lowest BCUT2D eigenvalue weighted by Gasteiger charge is -2.15. The second-order valence-electron chi connectivity index (χ2n) is 5.05. The van der Waals surface area contributed by atoms with Gasteiger partial charge in [0.1, 0.15) is 17.3 Å². The molecule has 24 heavy (non-hydrogen) atoms. The highest BCUT2D eigenvalue weighted by atomic mass is 19.3. The van der Waals surface area contributed by atoms with Crippen molar-refractivity contribution in [3.8, 4) is 11.5 Å². The topological polar surface area (TPSA) is 50.7 Å². The maximum atomic E-state index is 12.9. The van der Waals surface area contributed by atoms with E-state index in [9.17, 15) is 18.3 Å². The Hall–Kier alpha value is -2.25. The molecular formula is C17H18F3NO3. The normalized spacial score (nSPS) is 12.2. The van der Waals surface area contributed by atoms with Crippen molar-refractivity contribution in [2.75, 3.05) is 13.7 Å².